The summed E-state index contributed by atoms with van der Waals surface area (Å²) in [7, 11) is 5.44. The van der Waals surface area contributed by atoms with Gasteiger partial charge in [-0.25, -0.2) is 0 Å². The summed E-state index contributed by atoms with van der Waals surface area (Å²) in [6.45, 7) is 3.60. The van der Waals surface area contributed by atoms with E-state index in [1.807, 2.05) is 10.7 Å². The van der Waals surface area contributed by atoms with Crippen LogP contribution >= 0.6 is 9.69 Å². The number of rotatable bonds is 4. The molecule has 0 aliphatic heterocycles. The SMILES string of the molecule is C=CCCC=[CH][Rh][Cl]. The van der Waals surface area contributed by atoms with E-state index in [-0.39, 0.29) is 16.1 Å². The van der Waals surface area contributed by atoms with Crippen LogP contribution in [0.4, 0.5) is 0 Å². The zero-order valence-corrected chi connectivity index (χ0v) is 6.96. The quantitative estimate of drug-likeness (QED) is 0.387. The second-order valence-electron chi connectivity index (χ2n) is 1.29. The summed E-state index contributed by atoms with van der Waals surface area (Å²) in [5.41, 5.74) is 0. The van der Waals surface area contributed by atoms with Crippen molar-refractivity contribution < 1.29 is 16.1 Å². The molecular formula is C6H9ClRh. The number of halogens is 1. The van der Waals surface area contributed by atoms with Crippen LogP contribution < -0.4 is 0 Å². The van der Waals surface area contributed by atoms with Crippen LogP contribution in [0.5, 0.6) is 0 Å². The van der Waals surface area contributed by atoms with Crippen LogP contribution in [-0.4, -0.2) is 0 Å². The average molecular weight is 219 g/mol. The average Bonchev–Trinajstić information content (AvgIpc) is 1.81. The molecule has 0 spiro atoms. The van der Waals surface area contributed by atoms with Gasteiger partial charge in [0.15, 0.2) is 0 Å². The third-order valence-electron chi connectivity index (χ3n) is 0.658. The second-order valence-corrected chi connectivity index (χ2v) is 3.05. The predicted molar refractivity (Wildman–Crippen MR) is 34.4 cm³/mol. The van der Waals surface area contributed by atoms with Crippen molar-refractivity contribution in [2.45, 2.75) is 12.8 Å². The van der Waals surface area contributed by atoms with Gasteiger partial charge < -0.3 is 0 Å². The molecule has 0 bridgehead atoms. The van der Waals surface area contributed by atoms with Gasteiger partial charge in [0.1, 0.15) is 0 Å². The Kier molecular flexibility index (Phi) is 7.76. The number of allylic oxidation sites excluding steroid dienone is 2. The normalized spacial score (nSPS) is 10.6. The molecule has 0 radical (unpaired) electrons. The van der Waals surface area contributed by atoms with Crippen molar-refractivity contribution in [2.75, 3.05) is 0 Å². The molecule has 0 amide bonds. The summed E-state index contributed by atoms with van der Waals surface area (Å²) in [5, 5.41) is 0. The molecule has 0 atom stereocenters. The molecule has 49 valence electrons. The van der Waals surface area contributed by atoms with Gasteiger partial charge in [0.25, 0.3) is 0 Å². The molecule has 0 saturated carbocycles. The topological polar surface area (TPSA) is 0 Å². The first-order valence-electron chi connectivity index (χ1n) is 2.38. The molecule has 8 heavy (non-hydrogen) atoms. The summed E-state index contributed by atoms with van der Waals surface area (Å²) < 4.78 is 2.02. The van der Waals surface area contributed by atoms with Crippen LogP contribution in [-0.2, 0) is 16.1 Å². The third kappa shape index (κ3) is 6.39. The maximum absolute atomic E-state index is 5.44. The summed E-state index contributed by atoms with van der Waals surface area (Å²) in [5.74, 6) is 0. The van der Waals surface area contributed by atoms with Crippen molar-refractivity contribution in [1.29, 1.82) is 0 Å². The molecule has 0 aromatic heterocycles. The Balaban J connectivity index is 2.90. The van der Waals surface area contributed by atoms with E-state index < -0.39 is 0 Å². The minimum absolute atomic E-state index is 0.129. The van der Waals surface area contributed by atoms with Gasteiger partial charge in [-0.3, -0.25) is 0 Å². The van der Waals surface area contributed by atoms with Crippen LogP contribution in [0.2, 0.25) is 0 Å². The standard InChI is InChI=1S/C6H9.ClH.Rh/c1-3-5-6-4-2;;/h1,3-4H,2,5-6H2;1H;/q;;+1/p-1. The van der Waals surface area contributed by atoms with Crippen molar-refractivity contribution in [3.8, 4) is 0 Å². The Labute approximate surface area is 62.3 Å². The van der Waals surface area contributed by atoms with E-state index in [1.54, 1.807) is 0 Å². The van der Waals surface area contributed by atoms with Gasteiger partial charge >= 0.3 is 62.1 Å². The van der Waals surface area contributed by atoms with Crippen molar-refractivity contribution >= 4 is 9.69 Å². The molecule has 0 fully saturated rings. The van der Waals surface area contributed by atoms with Crippen molar-refractivity contribution in [3.05, 3.63) is 23.4 Å². The Hall–Kier alpha value is 0.393. The van der Waals surface area contributed by atoms with Gasteiger partial charge in [0.05, 0.1) is 0 Å². The van der Waals surface area contributed by atoms with Gasteiger partial charge in [-0.1, -0.05) is 0 Å². The second kappa shape index (κ2) is 7.39. The molecule has 0 rings (SSSR count). The summed E-state index contributed by atoms with van der Waals surface area (Å²) in [4.78, 5) is 0. The van der Waals surface area contributed by atoms with Gasteiger partial charge in [0, 0.05) is 0 Å². The first-order chi connectivity index (χ1) is 3.91. The Morgan fingerprint density at radius 2 is 2.25 bits per heavy atom. The van der Waals surface area contributed by atoms with Crippen LogP contribution in [0.25, 0.3) is 0 Å². The summed E-state index contributed by atoms with van der Waals surface area (Å²) in [6.07, 6.45) is 6.15. The molecule has 0 heterocycles. The van der Waals surface area contributed by atoms with E-state index in [4.69, 9.17) is 9.69 Å². The molecule has 0 N–H and O–H groups in total. The predicted octanol–water partition coefficient (Wildman–Crippen LogP) is 2.70. The maximum atomic E-state index is 5.44. The fraction of sp³-hybridized carbons (Fsp3) is 0.333. The molecule has 2 heteroatoms. The monoisotopic (exact) mass is 219 g/mol. The zero-order chi connectivity index (χ0) is 6.24. The first-order valence-corrected chi connectivity index (χ1v) is 5.43. The van der Waals surface area contributed by atoms with Gasteiger partial charge in [-0.15, -0.1) is 0 Å². The van der Waals surface area contributed by atoms with E-state index in [9.17, 15) is 0 Å². The molecule has 0 saturated heterocycles. The van der Waals surface area contributed by atoms with Crippen LogP contribution in [0.3, 0.4) is 0 Å². The third-order valence-corrected chi connectivity index (χ3v) is 1.75. The van der Waals surface area contributed by atoms with E-state index in [0.717, 1.165) is 12.8 Å². The summed E-state index contributed by atoms with van der Waals surface area (Å²) >= 11 is 0.129. The number of unbranched alkanes of at least 4 members (excludes halogenated alkanes) is 1. The van der Waals surface area contributed by atoms with Crippen LogP contribution in [0, 0.1) is 0 Å². The molecule has 0 nitrogen and oxygen atoms in total. The number of hydrogen-bond donors (Lipinski definition) is 0. The molecular weight excluding hydrogens is 210 g/mol. The van der Waals surface area contributed by atoms with Gasteiger partial charge in [-0.2, -0.15) is 0 Å². The van der Waals surface area contributed by atoms with Crippen LogP contribution in [0.1, 0.15) is 12.8 Å². The molecule has 0 unspecified atom stereocenters. The van der Waals surface area contributed by atoms with Crippen molar-refractivity contribution in [1.82, 2.24) is 0 Å². The minimum atomic E-state index is 0.129. The zero-order valence-electron chi connectivity index (χ0n) is 4.56. The van der Waals surface area contributed by atoms with Gasteiger partial charge in [0.2, 0.25) is 0 Å². The molecule has 0 aliphatic rings. The van der Waals surface area contributed by atoms with Crippen molar-refractivity contribution in [2.24, 2.45) is 0 Å². The fourth-order valence-corrected chi connectivity index (χ4v) is 1.07. The van der Waals surface area contributed by atoms with Crippen LogP contribution in [0.15, 0.2) is 23.4 Å². The van der Waals surface area contributed by atoms with E-state index in [1.165, 1.54) is 0 Å². The Bertz CT molecular complexity index is 78.6. The first kappa shape index (κ1) is 8.39. The van der Waals surface area contributed by atoms with E-state index >= 15 is 0 Å². The number of hydrogen-bond acceptors (Lipinski definition) is 0. The summed E-state index contributed by atoms with van der Waals surface area (Å²) in [6, 6.07) is 0. The van der Waals surface area contributed by atoms with Gasteiger partial charge in [-0.05, 0) is 0 Å². The Morgan fingerprint density at radius 3 is 2.75 bits per heavy atom. The molecule has 0 aromatic rings. The molecule has 0 aromatic carbocycles. The fourth-order valence-electron chi connectivity index (χ4n) is 0.299. The van der Waals surface area contributed by atoms with Crippen molar-refractivity contribution in [3.63, 3.8) is 0 Å². The van der Waals surface area contributed by atoms with E-state index in [0.29, 0.717) is 0 Å². The Morgan fingerprint density at radius 1 is 1.50 bits per heavy atom. The molecule has 0 aliphatic carbocycles. The van der Waals surface area contributed by atoms with E-state index in [2.05, 4.69) is 12.7 Å².